The second-order valence-electron chi connectivity index (χ2n) is 7.72. The van der Waals surface area contributed by atoms with Gasteiger partial charge in [-0.1, -0.05) is 6.07 Å². The molecular formula is C23H30BrN3O3. The van der Waals surface area contributed by atoms with Crippen molar-refractivity contribution in [3.8, 4) is 11.5 Å². The molecule has 0 unspecified atom stereocenters. The van der Waals surface area contributed by atoms with Gasteiger partial charge in [-0.2, -0.15) is 0 Å². The van der Waals surface area contributed by atoms with Crippen molar-refractivity contribution in [3.63, 3.8) is 0 Å². The fraction of sp³-hybridized carbons (Fsp3) is 0.435. The molecule has 162 valence electrons. The number of nitrogens with one attached hydrogen (secondary N) is 1. The van der Waals surface area contributed by atoms with Crippen LogP contribution < -0.4 is 14.8 Å². The standard InChI is InChI=1S/C23H30BrN3O3/c1-16-5-6-20(19(24)11-16)25-23(28)15-27-9-7-26(8-10-27)14-18-13-22(30-4)21(29-3)12-17(18)2/h5-6,11-13H,7-10,14-15H2,1-4H3,(H,25,28). The maximum absolute atomic E-state index is 12.5. The fourth-order valence-electron chi connectivity index (χ4n) is 3.65. The number of amides is 1. The number of anilines is 1. The molecule has 0 saturated carbocycles. The number of ether oxygens (including phenoxy) is 2. The first kappa shape index (κ1) is 22.6. The van der Waals surface area contributed by atoms with Gasteiger partial charge in [0.15, 0.2) is 11.5 Å². The Hall–Kier alpha value is -2.09. The summed E-state index contributed by atoms with van der Waals surface area (Å²) in [5.41, 5.74) is 4.40. The van der Waals surface area contributed by atoms with Crippen molar-refractivity contribution in [1.29, 1.82) is 0 Å². The van der Waals surface area contributed by atoms with Gasteiger partial charge in [-0.05, 0) is 70.7 Å². The Morgan fingerprint density at radius 3 is 2.27 bits per heavy atom. The van der Waals surface area contributed by atoms with Crippen molar-refractivity contribution < 1.29 is 14.3 Å². The maximum atomic E-state index is 12.5. The Balaban J connectivity index is 1.51. The average molecular weight is 476 g/mol. The molecule has 1 heterocycles. The molecule has 0 bridgehead atoms. The highest BCUT2D eigenvalue weighted by molar-refractivity contribution is 9.10. The van der Waals surface area contributed by atoms with Gasteiger partial charge < -0.3 is 14.8 Å². The summed E-state index contributed by atoms with van der Waals surface area (Å²) in [6.45, 7) is 8.99. The summed E-state index contributed by atoms with van der Waals surface area (Å²) < 4.78 is 11.7. The molecule has 1 fully saturated rings. The van der Waals surface area contributed by atoms with Crippen molar-refractivity contribution in [3.05, 3.63) is 51.5 Å². The van der Waals surface area contributed by atoms with Crippen LogP contribution in [0.2, 0.25) is 0 Å². The number of rotatable bonds is 7. The van der Waals surface area contributed by atoms with E-state index in [-0.39, 0.29) is 5.91 Å². The van der Waals surface area contributed by atoms with Gasteiger partial charge >= 0.3 is 0 Å². The summed E-state index contributed by atoms with van der Waals surface area (Å²) in [6.07, 6.45) is 0. The lowest BCUT2D eigenvalue weighted by atomic mass is 10.1. The van der Waals surface area contributed by atoms with E-state index >= 15 is 0 Å². The molecule has 0 atom stereocenters. The topological polar surface area (TPSA) is 54.0 Å². The monoisotopic (exact) mass is 475 g/mol. The molecule has 3 rings (SSSR count). The Kier molecular flexibility index (Phi) is 7.75. The smallest absolute Gasteiger partial charge is 0.238 e. The summed E-state index contributed by atoms with van der Waals surface area (Å²) >= 11 is 3.51. The van der Waals surface area contributed by atoms with Gasteiger partial charge in [0, 0.05) is 37.2 Å². The zero-order valence-corrected chi connectivity index (χ0v) is 19.7. The normalized spacial score (nSPS) is 15.1. The maximum Gasteiger partial charge on any atom is 0.238 e. The van der Waals surface area contributed by atoms with Crippen LogP contribution in [0, 0.1) is 13.8 Å². The molecule has 0 radical (unpaired) electrons. The summed E-state index contributed by atoms with van der Waals surface area (Å²) in [4.78, 5) is 17.1. The molecule has 1 N–H and O–H groups in total. The van der Waals surface area contributed by atoms with E-state index in [9.17, 15) is 4.79 Å². The third-order valence-corrected chi connectivity index (χ3v) is 6.12. The van der Waals surface area contributed by atoms with Crippen LogP contribution in [0.25, 0.3) is 0 Å². The molecule has 0 aromatic heterocycles. The lowest BCUT2D eigenvalue weighted by molar-refractivity contribution is -0.117. The summed E-state index contributed by atoms with van der Waals surface area (Å²) in [5, 5.41) is 3.00. The minimum Gasteiger partial charge on any atom is -0.493 e. The number of hydrogen-bond acceptors (Lipinski definition) is 5. The molecule has 0 spiro atoms. The van der Waals surface area contributed by atoms with E-state index in [2.05, 4.69) is 44.0 Å². The highest BCUT2D eigenvalue weighted by Gasteiger charge is 2.20. The number of carbonyl (C=O) groups excluding carboxylic acids is 1. The largest absolute Gasteiger partial charge is 0.493 e. The van der Waals surface area contributed by atoms with Gasteiger partial charge in [0.2, 0.25) is 5.91 Å². The number of nitrogens with zero attached hydrogens (tertiary/aromatic N) is 2. The molecule has 30 heavy (non-hydrogen) atoms. The third-order valence-electron chi connectivity index (χ3n) is 5.47. The van der Waals surface area contributed by atoms with Gasteiger partial charge in [-0.25, -0.2) is 0 Å². The third kappa shape index (κ3) is 5.74. The van der Waals surface area contributed by atoms with E-state index in [0.717, 1.165) is 59.9 Å². The van der Waals surface area contributed by atoms with Crippen LogP contribution in [0.3, 0.4) is 0 Å². The second-order valence-corrected chi connectivity index (χ2v) is 8.57. The number of hydrogen-bond donors (Lipinski definition) is 1. The number of halogens is 1. The molecule has 7 heteroatoms. The lowest BCUT2D eigenvalue weighted by Gasteiger charge is -2.34. The van der Waals surface area contributed by atoms with Gasteiger partial charge in [0.25, 0.3) is 0 Å². The van der Waals surface area contributed by atoms with Crippen molar-refractivity contribution in [2.75, 3.05) is 52.3 Å². The molecule has 0 aliphatic carbocycles. The van der Waals surface area contributed by atoms with Gasteiger partial charge in [0.05, 0.1) is 26.5 Å². The lowest BCUT2D eigenvalue weighted by Crippen LogP contribution is -2.48. The summed E-state index contributed by atoms with van der Waals surface area (Å²) in [5.74, 6) is 1.54. The van der Waals surface area contributed by atoms with E-state index in [4.69, 9.17) is 9.47 Å². The van der Waals surface area contributed by atoms with Crippen molar-refractivity contribution >= 4 is 27.5 Å². The molecule has 6 nitrogen and oxygen atoms in total. The van der Waals surface area contributed by atoms with Crippen LogP contribution in [-0.4, -0.2) is 62.7 Å². The van der Waals surface area contributed by atoms with Crippen molar-refractivity contribution in [2.45, 2.75) is 20.4 Å². The van der Waals surface area contributed by atoms with E-state index in [1.54, 1.807) is 14.2 Å². The summed E-state index contributed by atoms with van der Waals surface area (Å²) in [6, 6.07) is 10.0. The number of methoxy groups -OCH3 is 2. The van der Waals surface area contributed by atoms with Crippen LogP contribution >= 0.6 is 15.9 Å². The quantitative estimate of drug-likeness (QED) is 0.659. The first-order valence-corrected chi connectivity index (χ1v) is 10.9. The Morgan fingerprint density at radius 1 is 1.00 bits per heavy atom. The predicted octanol–water partition coefficient (Wildman–Crippen LogP) is 3.84. The zero-order chi connectivity index (χ0) is 21.7. The summed E-state index contributed by atoms with van der Waals surface area (Å²) in [7, 11) is 3.32. The van der Waals surface area contributed by atoms with E-state index in [1.165, 1.54) is 11.1 Å². The zero-order valence-electron chi connectivity index (χ0n) is 18.1. The van der Waals surface area contributed by atoms with Crippen LogP contribution in [0.4, 0.5) is 5.69 Å². The van der Waals surface area contributed by atoms with Crippen LogP contribution in [0.5, 0.6) is 11.5 Å². The van der Waals surface area contributed by atoms with Crippen LogP contribution in [0.1, 0.15) is 16.7 Å². The van der Waals surface area contributed by atoms with E-state index in [1.807, 2.05) is 31.2 Å². The predicted molar refractivity (Wildman–Crippen MR) is 124 cm³/mol. The highest BCUT2D eigenvalue weighted by atomic mass is 79.9. The van der Waals surface area contributed by atoms with Gasteiger partial charge in [-0.15, -0.1) is 0 Å². The molecule has 1 aliphatic rings. The van der Waals surface area contributed by atoms with E-state index < -0.39 is 0 Å². The highest BCUT2D eigenvalue weighted by Crippen LogP contribution is 2.31. The average Bonchev–Trinajstić information content (AvgIpc) is 2.72. The molecular weight excluding hydrogens is 446 g/mol. The van der Waals surface area contributed by atoms with E-state index in [0.29, 0.717) is 6.54 Å². The van der Waals surface area contributed by atoms with Crippen molar-refractivity contribution in [1.82, 2.24) is 9.80 Å². The number of benzene rings is 2. The second kappa shape index (κ2) is 10.3. The fourth-order valence-corrected chi connectivity index (χ4v) is 4.25. The molecule has 1 amide bonds. The molecule has 1 aliphatic heterocycles. The SMILES string of the molecule is COc1cc(C)c(CN2CCN(CC(=O)Nc3ccc(C)cc3Br)CC2)cc1OC. The molecule has 2 aromatic rings. The molecule has 1 saturated heterocycles. The van der Waals surface area contributed by atoms with Crippen LogP contribution in [0.15, 0.2) is 34.8 Å². The first-order valence-electron chi connectivity index (χ1n) is 10.1. The van der Waals surface area contributed by atoms with Gasteiger partial charge in [-0.3, -0.25) is 14.6 Å². The molecule has 2 aromatic carbocycles. The minimum absolute atomic E-state index is 0.0174. The first-order chi connectivity index (χ1) is 14.4. The Labute approximate surface area is 187 Å². The van der Waals surface area contributed by atoms with Gasteiger partial charge in [0.1, 0.15) is 0 Å². The van der Waals surface area contributed by atoms with Crippen LogP contribution in [-0.2, 0) is 11.3 Å². The Bertz CT molecular complexity index is 896. The van der Waals surface area contributed by atoms with Crippen molar-refractivity contribution in [2.24, 2.45) is 0 Å². The number of piperazine rings is 1. The Morgan fingerprint density at radius 2 is 1.63 bits per heavy atom. The number of aryl methyl sites for hydroxylation is 2. The minimum atomic E-state index is 0.0174. The number of carbonyl (C=O) groups is 1.